The van der Waals surface area contributed by atoms with Crippen LogP contribution in [0.15, 0.2) is 60.2 Å². The summed E-state index contributed by atoms with van der Waals surface area (Å²) in [6.07, 6.45) is 7.51. The molecular formula is C20H24O4. The van der Waals surface area contributed by atoms with Crippen LogP contribution in [-0.4, -0.2) is 22.2 Å². The van der Waals surface area contributed by atoms with E-state index in [0.717, 1.165) is 42.9 Å². The van der Waals surface area contributed by atoms with Crippen LogP contribution in [-0.2, 0) is 9.59 Å². The summed E-state index contributed by atoms with van der Waals surface area (Å²) in [5, 5.41) is 16.9. The van der Waals surface area contributed by atoms with E-state index in [0.29, 0.717) is 12.0 Å². The molecule has 1 aromatic rings. The molecule has 2 rings (SSSR count). The van der Waals surface area contributed by atoms with Gasteiger partial charge in [0.25, 0.3) is 0 Å². The van der Waals surface area contributed by atoms with Gasteiger partial charge in [-0.3, -0.25) is 0 Å². The third-order valence-corrected chi connectivity index (χ3v) is 3.53. The normalized spacial score (nSPS) is 12.7. The molecule has 1 aromatic carbocycles. The molecule has 4 nitrogen and oxygen atoms in total. The monoisotopic (exact) mass is 328 g/mol. The molecule has 0 atom stereocenters. The van der Waals surface area contributed by atoms with Crippen LogP contribution in [0.25, 0.3) is 5.57 Å². The van der Waals surface area contributed by atoms with Crippen molar-refractivity contribution in [1.82, 2.24) is 0 Å². The number of allylic oxidation sites excluding steroid dienone is 3. The Morgan fingerprint density at radius 3 is 2.17 bits per heavy atom. The average Bonchev–Trinajstić information content (AvgIpc) is 3.41. The van der Waals surface area contributed by atoms with E-state index in [4.69, 9.17) is 5.11 Å². The molecule has 0 saturated heterocycles. The Bertz CT molecular complexity index is 633. The third kappa shape index (κ3) is 7.09. The Morgan fingerprint density at radius 1 is 1.17 bits per heavy atom. The lowest BCUT2D eigenvalue weighted by molar-refractivity contribution is -0.133. The van der Waals surface area contributed by atoms with Crippen molar-refractivity contribution in [3.8, 4) is 0 Å². The van der Waals surface area contributed by atoms with Gasteiger partial charge in [-0.25, -0.2) is 9.59 Å². The summed E-state index contributed by atoms with van der Waals surface area (Å²) in [4.78, 5) is 20.6. The lowest BCUT2D eigenvalue weighted by Gasteiger charge is -2.06. The first kappa shape index (κ1) is 19.4. The molecule has 24 heavy (non-hydrogen) atoms. The lowest BCUT2D eigenvalue weighted by atomic mass is 9.99. The number of carboxylic acid groups (broad SMARTS) is 2. The summed E-state index contributed by atoms with van der Waals surface area (Å²) in [7, 11) is 0. The minimum Gasteiger partial charge on any atom is -0.478 e. The van der Waals surface area contributed by atoms with Gasteiger partial charge in [-0.2, -0.15) is 0 Å². The summed E-state index contributed by atoms with van der Waals surface area (Å²) in [6, 6.07) is 10.1. The molecule has 1 saturated carbocycles. The van der Waals surface area contributed by atoms with Crippen molar-refractivity contribution in [2.75, 3.05) is 0 Å². The first-order chi connectivity index (χ1) is 11.5. The molecule has 2 N–H and O–H groups in total. The van der Waals surface area contributed by atoms with E-state index in [1.165, 1.54) is 5.57 Å². The van der Waals surface area contributed by atoms with Gasteiger partial charge in [-0.05, 0) is 42.9 Å². The first-order valence-corrected chi connectivity index (χ1v) is 8.06. The van der Waals surface area contributed by atoms with E-state index in [2.05, 4.69) is 25.6 Å². The van der Waals surface area contributed by atoms with Crippen molar-refractivity contribution in [1.29, 1.82) is 0 Å². The molecule has 1 fully saturated rings. The van der Waals surface area contributed by atoms with Crippen LogP contribution in [0.3, 0.4) is 0 Å². The topological polar surface area (TPSA) is 74.6 Å². The van der Waals surface area contributed by atoms with Crippen LogP contribution in [0.1, 0.15) is 44.6 Å². The van der Waals surface area contributed by atoms with Crippen molar-refractivity contribution in [2.45, 2.75) is 39.0 Å². The van der Waals surface area contributed by atoms with Gasteiger partial charge < -0.3 is 10.2 Å². The number of benzene rings is 1. The van der Waals surface area contributed by atoms with Crippen molar-refractivity contribution in [3.05, 3.63) is 65.8 Å². The zero-order chi connectivity index (χ0) is 17.9. The molecule has 1 aliphatic carbocycles. The highest BCUT2D eigenvalue weighted by atomic mass is 16.4. The summed E-state index contributed by atoms with van der Waals surface area (Å²) in [6.45, 7) is 5.04. The lowest BCUT2D eigenvalue weighted by Crippen LogP contribution is -2.01. The van der Waals surface area contributed by atoms with Crippen LogP contribution < -0.4 is 0 Å². The molecule has 0 unspecified atom stereocenters. The van der Waals surface area contributed by atoms with E-state index in [9.17, 15) is 14.7 Å². The number of hydrogen-bond acceptors (Lipinski definition) is 2. The summed E-state index contributed by atoms with van der Waals surface area (Å²) in [5.41, 5.74) is 4.15. The molecule has 0 heterocycles. The highest BCUT2D eigenvalue weighted by molar-refractivity contribution is 5.92. The molecule has 128 valence electrons. The standard InChI is InChI=1S/C17H20O2.C3H4O2/c1-2-3-7-15(17(18)19)12-16(14-10-11-14)13-8-5-4-6-9-13;1-2-3(4)5/h4-6,8-9,12H,2-3,7,10-11H2,1H3,(H,18,19);2H,1H2,(H,4,5). The van der Waals surface area contributed by atoms with Crippen molar-refractivity contribution in [2.24, 2.45) is 0 Å². The predicted molar refractivity (Wildman–Crippen MR) is 95.7 cm³/mol. The maximum atomic E-state index is 11.3. The minimum absolute atomic E-state index is 0.528. The van der Waals surface area contributed by atoms with Crippen LogP contribution in [0.2, 0.25) is 0 Å². The number of aliphatic carboxylic acids is 2. The highest BCUT2D eigenvalue weighted by Crippen LogP contribution is 2.37. The first-order valence-electron chi connectivity index (χ1n) is 8.06. The Balaban J connectivity index is 0.000000505. The fourth-order valence-corrected chi connectivity index (χ4v) is 2.12. The predicted octanol–water partition coefficient (Wildman–Crippen LogP) is 4.69. The SMILES string of the molecule is C=CC(=O)O.CCCCC(=CC(=C1CC1)c1ccccc1)C(=O)O. The maximum Gasteiger partial charge on any atom is 0.331 e. The summed E-state index contributed by atoms with van der Waals surface area (Å²) < 4.78 is 0. The second-order valence-corrected chi connectivity index (χ2v) is 5.50. The zero-order valence-electron chi connectivity index (χ0n) is 14.0. The van der Waals surface area contributed by atoms with Crippen LogP contribution in [0.5, 0.6) is 0 Å². The average molecular weight is 328 g/mol. The number of rotatable bonds is 7. The van der Waals surface area contributed by atoms with Gasteiger partial charge in [0.15, 0.2) is 0 Å². The minimum atomic E-state index is -0.981. The van der Waals surface area contributed by atoms with Crippen LogP contribution >= 0.6 is 0 Å². The Morgan fingerprint density at radius 2 is 1.75 bits per heavy atom. The molecular weight excluding hydrogens is 304 g/mol. The van der Waals surface area contributed by atoms with E-state index in [1.807, 2.05) is 24.3 Å². The van der Waals surface area contributed by atoms with Gasteiger partial charge in [0.2, 0.25) is 0 Å². The second-order valence-electron chi connectivity index (χ2n) is 5.50. The molecule has 0 bridgehead atoms. The fraction of sp³-hybridized carbons (Fsp3) is 0.300. The van der Waals surface area contributed by atoms with Crippen LogP contribution in [0, 0.1) is 0 Å². The fourth-order valence-electron chi connectivity index (χ4n) is 2.12. The number of hydrogen-bond donors (Lipinski definition) is 2. The van der Waals surface area contributed by atoms with Gasteiger partial charge >= 0.3 is 11.9 Å². The third-order valence-electron chi connectivity index (χ3n) is 3.53. The zero-order valence-corrected chi connectivity index (χ0v) is 14.0. The molecule has 4 heteroatoms. The largest absolute Gasteiger partial charge is 0.478 e. The Labute approximate surface area is 142 Å². The van der Waals surface area contributed by atoms with E-state index in [1.54, 1.807) is 0 Å². The summed E-state index contributed by atoms with van der Waals surface area (Å²) in [5.74, 6) is -1.77. The number of carbonyl (C=O) groups is 2. The molecule has 0 aliphatic heterocycles. The second kappa shape index (κ2) is 10.2. The highest BCUT2D eigenvalue weighted by Gasteiger charge is 2.19. The quantitative estimate of drug-likeness (QED) is 0.712. The Hall–Kier alpha value is -2.62. The van der Waals surface area contributed by atoms with Gasteiger partial charge in [0.1, 0.15) is 0 Å². The molecule has 0 amide bonds. The van der Waals surface area contributed by atoms with Gasteiger partial charge in [-0.1, -0.05) is 55.8 Å². The van der Waals surface area contributed by atoms with Gasteiger partial charge in [-0.15, -0.1) is 0 Å². The molecule has 0 spiro atoms. The van der Waals surface area contributed by atoms with Crippen molar-refractivity contribution in [3.63, 3.8) is 0 Å². The van der Waals surface area contributed by atoms with E-state index >= 15 is 0 Å². The van der Waals surface area contributed by atoms with Gasteiger partial charge in [0, 0.05) is 11.6 Å². The van der Waals surface area contributed by atoms with Gasteiger partial charge in [0.05, 0.1) is 0 Å². The number of carboxylic acids is 2. The molecule has 1 aliphatic rings. The maximum absolute atomic E-state index is 11.3. The number of unbranched alkanes of at least 4 members (excludes halogenated alkanes) is 1. The Kier molecular flexibility index (Phi) is 8.26. The smallest absolute Gasteiger partial charge is 0.331 e. The molecule has 0 aromatic heterocycles. The summed E-state index contributed by atoms with van der Waals surface area (Å²) >= 11 is 0. The molecule has 0 radical (unpaired) electrons. The van der Waals surface area contributed by atoms with Crippen LogP contribution in [0.4, 0.5) is 0 Å². The van der Waals surface area contributed by atoms with Crippen molar-refractivity contribution < 1.29 is 19.8 Å². The van der Waals surface area contributed by atoms with E-state index < -0.39 is 11.9 Å². The van der Waals surface area contributed by atoms with Crippen molar-refractivity contribution >= 4 is 17.5 Å². The van der Waals surface area contributed by atoms with E-state index in [-0.39, 0.29) is 0 Å².